The van der Waals surface area contributed by atoms with Crippen LogP contribution in [-0.2, 0) is 0 Å². The molecule has 1 aromatic heterocycles. The summed E-state index contributed by atoms with van der Waals surface area (Å²) < 4.78 is 5.87. The van der Waals surface area contributed by atoms with E-state index in [1.54, 1.807) is 0 Å². The van der Waals surface area contributed by atoms with Crippen molar-refractivity contribution in [2.24, 2.45) is 5.92 Å². The Bertz CT molecular complexity index is 585. The molecular weight excluding hydrogens is 287 g/mol. The molecule has 2 atom stereocenters. The first-order valence-corrected chi connectivity index (χ1v) is 6.50. The second-order valence-corrected chi connectivity index (χ2v) is 5.52. The van der Waals surface area contributed by atoms with Crippen molar-refractivity contribution in [1.29, 1.82) is 0 Å². The van der Waals surface area contributed by atoms with Crippen molar-refractivity contribution in [3.05, 3.63) is 40.6 Å². The summed E-state index contributed by atoms with van der Waals surface area (Å²) in [6, 6.07) is 8.05. The third-order valence-electron chi connectivity index (χ3n) is 3.07. The first-order chi connectivity index (χ1) is 7.68. The third kappa shape index (κ3) is 1.36. The largest absolute Gasteiger partial charge is 0.459 e. The van der Waals surface area contributed by atoms with Gasteiger partial charge in [0.1, 0.15) is 11.3 Å². The average molecular weight is 298 g/mol. The topological polar surface area (TPSA) is 13.1 Å². The maximum Gasteiger partial charge on any atom is 0.134 e. The van der Waals surface area contributed by atoms with Crippen LogP contribution in [0.3, 0.4) is 0 Å². The lowest BCUT2D eigenvalue weighted by molar-refractivity contribution is 0.507. The Morgan fingerprint density at radius 2 is 2.06 bits per heavy atom. The van der Waals surface area contributed by atoms with E-state index in [2.05, 4.69) is 28.9 Å². The second-order valence-electron chi connectivity index (χ2n) is 4.10. The van der Waals surface area contributed by atoms with Gasteiger partial charge in [0.25, 0.3) is 0 Å². The second kappa shape index (κ2) is 3.64. The molecule has 0 saturated carbocycles. The normalized spacial score (nSPS) is 24.3. The number of hydrogen-bond donors (Lipinski definition) is 0. The van der Waals surface area contributed by atoms with Gasteiger partial charge in [-0.3, -0.25) is 0 Å². The Morgan fingerprint density at radius 1 is 1.31 bits per heavy atom. The minimum atomic E-state index is 0.160. The fourth-order valence-corrected chi connectivity index (χ4v) is 3.09. The number of para-hydroxylation sites is 1. The van der Waals surface area contributed by atoms with Crippen LogP contribution < -0.4 is 0 Å². The van der Waals surface area contributed by atoms with Gasteiger partial charge in [0.05, 0.1) is 4.83 Å². The molecule has 1 aliphatic rings. The zero-order chi connectivity index (χ0) is 11.3. The Kier molecular flexibility index (Phi) is 2.37. The highest BCUT2D eigenvalue weighted by Crippen LogP contribution is 2.46. The van der Waals surface area contributed by atoms with Gasteiger partial charge >= 0.3 is 0 Å². The molecule has 1 nitrogen and oxygen atoms in total. The van der Waals surface area contributed by atoms with Gasteiger partial charge in [-0.2, -0.15) is 0 Å². The van der Waals surface area contributed by atoms with Crippen molar-refractivity contribution in [3.63, 3.8) is 0 Å². The molecule has 0 bridgehead atoms. The third-order valence-corrected chi connectivity index (χ3v) is 4.73. The van der Waals surface area contributed by atoms with Crippen molar-refractivity contribution in [3.8, 4) is 0 Å². The van der Waals surface area contributed by atoms with Crippen molar-refractivity contribution in [1.82, 2.24) is 0 Å². The SMILES string of the molecule is C[C@H]1C(Cl)=Cc2c(oc3ccccc23)C1Br. The standard InChI is InChI=1S/C13H10BrClO/c1-7-10(15)6-9-8-4-2-3-5-11(8)16-13(9)12(7)14/h2-7,12H,1H3/t7-,12?/m0/s1. The lowest BCUT2D eigenvalue weighted by Crippen LogP contribution is -2.08. The van der Waals surface area contributed by atoms with Crippen LogP contribution in [0.25, 0.3) is 17.0 Å². The van der Waals surface area contributed by atoms with Crippen LogP contribution in [0.2, 0.25) is 0 Å². The van der Waals surface area contributed by atoms with Gasteiger partial charge in [-0.25, -0.2) is 0 Å². The number of fused-ring (bicyclic) bond motifs is 3. The predicted molar refractivity (Wildman–Crippen MR) is 70.9 cm³/mol. The van der Waals surface area contributed by atoms with Gasteiger partial charge in [-0.05, 0) is 12.1 Å². The maximum atomic E-state index is 6.24. The Balaban J connectivity index is 2.35. The summed E-state index contributed by atoms with van der Waals surface area (Å²) in [6.07, 6.45) is 2.02. The minimum Gasteiger partial charge on any atom is -0.459 e. The van der Waals surface area contributed by atoms with Gasteiger partial charge in [-0.15, -0.1) is 0 Å². The number of benzene rings is 1. The van der Waals surface area contributed by atoms with Gasteiger partial charge in [0.2, 0.25) is 0 Å². The number of halogens is 2. The molecule has 0 saturated heterocycles. The molecule has 1 aliphatic carbocycles. The lowest BCUT2D eigenvalue weighted by Gasteiger charge is -2.21. The zero-order valence-electron chi connectivity index (χ0n) is 8.71. The van der Waals surface area contributed by atoms with Crippen LogP contribution in [0.5, 0.6) is 0 Å². The van der Waals surface area contributed by atoms with Gasteiger partial charge in [0.15, 0.2) is 0 Å². The summed E-state index contributed by atoms with van der Waals surface area (Å²) in [6.45, 7) is 2.09. The molecule has 0 spiro atoms. The minimum absolute atomic E-state index is 0.160. The predicted octanol–water partition coefficient (Wildman–Crippen LogP) is 5.10. The number of furan rings is 1. The first kappa shape index (κ1) is 10.4. The molecule has 0 N–H and O–H groups in total. The van der Waals surface area contributed by atoms with Crippen molar-refractivity contribution in [2.45, 2.75) is 11.8 Å². The molecular formula is C13H10BrClO. The lowest BCUT2D eigenvalue weighted by atomic mass is 9.95. The average Bonchev–Trinajstić information content (AvgIpc) is 2.65. The van der Waals surface area contributed by atoms with Crippen LogP contribution in [-0.4, -0.2) is 0 Å². The van der Waals surface area contributed by atoms with E-state index in [-0.39, 0.29) is 10.7 Å². The highest BCUT2D eigenvalue weighted by atomic mass is 79.9. The summed E-state index contributed by atoms with van der Waals surface area (Å²) in [5.41, 5.74) is 2.03. The van der Waals surface area contributed by atoms with E-state index in [4.69, 9.17) is 16.0 Å². The van der Waals surface area contributed by atoms with E-state index in [1.165, 1.54) is 0 Å². The van der Waals surface area contributed by atoms with Crippen molar-refractivity contribution >= 4 is 44.6 Å². The monoisotopic (exact) mass is 296 g/mol. The molecule has 3 rings (SSSR count). The van der Waals surface area contributed by atoms with E-state index in [0.717, 1.165) is 27.3 Å². The molecule has 0 fully saturated rings. The van der Waals surface area contributed by atoms with Crippen LogP contribution >= 0.6 is 27.5 Å². The Labute approximate surface area is 107 Å². The number of allylic oxidation sites excluding steroid dienone is 1. The number of hydrogen-bond acceptors (Lipinski definition) is 1. The van der Waals surface area contributed by atoms with E-state index < -0.39 is 0 Å². The first-order valence-electron chi connectivity index (χ1n) is 5.21. The number of rotatable bonds is 0. The highest BCUT2D eigenvalue weighted by Gasteiger charge is 2.30. The molecule has 0 aliphatic heterocycles. The van der Waals surface area contributed by atoms with Gasteiger partial charge in [0, 0.05) is 21.9 Å². The van der Waals surface area contributed by atoms with E-state index in [1.807, 2.05) is 24.3 Å². The maximum absolute atomic E-state index is 6.24. The van der Waals surface area contributed by atoms with E-state index in [9.17, 15) is 0 Å². The molecule has 2 aromatic rings. The fourth-order valence-electron chi connectivity index (χ4n) is 2.07. The molecule has 0 amide bonds. The summed E-state index contributed by atoms with van der Waals surface area (Å²) in [5.74, 6) is 1.24. The molecule has 16 heavy (non-hydrogen) atoms. The van der Waals surface area contributed by atoms with Gasteiger partial charge < -0.3 is 4.42 Å². The quantitative estimate of drug-likeness (QED) is 0.617. The summed E-state index contributed by atoms with van der Waals surface area (Å²) in [4.78, 5) is 0.160. The fraction of sp³-hybridized carbons (Fsp3) is 0.231. The van der Waals surface area contributed by atoms with Crippen LogP contribution in [0, 0.1) is 5.92 Å². The van der Waals surface area contributed by atoms with Crippen molar-refractivity contribution in [2.75, 3.05) is 0 Å². The molecule has 1 aromatic carbocycles. The van der Waals surface area contributed by atoms with E-state index >= 15 is 0 Å². The Morgan fingerprint density at radius 3 is 2.88 bits per heavy atom. The van der Waals surface area contributed by atoms with Crippen LogP contribution in [0.15, 0.2) is 33.7 Å². The summed E-state index contributed by atoms with van der Waals surface area (Å²) in [7, 11) is 0. The smallest absolute Gasteiger partial charge is 0.134 e. The molecule has 1 unspecified atom stereocenters. The Hall–Kier alpha value is -0.730. The summed E-state index contributed by atoms with van der Waals surface area (Å²) in [5, 5.41) is 2.01. The zero-order valence-corrected chi connectivity index (χ0v) is 11.0. The number of alkyl halides is 1. The van der Waals surface area contributed by atoms with Crippen molar-refractivity contribution < 1.29 is 4.42 Å². The molecule has 0 radical (unpaired) electrons. The summed E-state index contributed by atoms with van der Waals surface area (Å²) >= 11 is 9.89. The van der Waals surface area contributed by atoms with Crippen LogP contribution in [0.4, 0.5) is 0 Å². The molecule has 3 heteroatoms. The van der Waals surface area contributed by atoms with Crippen LogP contribution in [0.1, 0.15) is 23.1 Å². The highest BCUT2D eigenvalue weighted by molar-refractivity contribution is 9.09. The molecule has 82 valence electrons. The van der Waals surface area contributed by atoms with Gasteiger partial charge in [-0.1, -0.05) is 52.7 Å². The molecule has 1 heterocycles. The van der Waals surface area contributed by atoms with E-state index in [0.29, 0.717) is 0 Å².